The minimum Gasteiger partial charge on any atom is -0.394 e. The lowest BCUT2D eigenvalue weighted by Crippen LogP contribution is -2.09. The third kappa shape index (κ3) is 14.8. The lowest BCUT2D eigenvalue weighted by atomic mass is 10.7. The van der Waals surface area contributed by atoms with E-state index in [1.807, 2.05) is 0 Å². The lowest BCUT2D eigenvalue weighted by molar-refractivity contribution is 0.0159. The van der Waals surface area contributed by atoms with Crippen LogP contribution in [0.15, 0.2) is 19.0 Å². The fraction of sp³-hybridized carbons (Fsp3) is 0.700. The maximum absolute atomic E-state index is 8.32. The zero-order valence-corrected chi connectivity index (χ0v) is 9.99. The van der Waals surface area contributed by atoms with Gasteiger partial charge in [-0.05, 0) is 0 Å². The van der Waals surface area contributed by atoms with Crippen molar-refractivity contribution in [2.24, 2.45) is 0 Å². The van der Waals surface area contributed by atoms with Gasteiger partial charge in [0.25, 0.3) is 0 Å². The third-order valence-electron chi connectivity index (χ3n) is 1.44. The summed E-state index contributed by atoms with van der Waals surface area (Å²) in [4.78, 5) is 10.7. The van der Waals surface area contributed by atoms with Gasteiger partial charge in [0.05, 0.1) is 39.6 Å². The van der Waals surface area contributed by atoms with Gasteiger partial charge in [0, 0.05) is 7.11 Å². The van der Waals surface area contributed by atoms with E-state index in [-0.39, 0.29) is 6.61 Å². The molecular formula is C10H19N3O4. The zero-order valence-electron chi connectivity index (χ0n) is 9.99. The summed E-state index contributed by atoms with van der Waals surface area (Å²) in [6.07, 6.45) is 4.31. The van der Waals surface area contributed by atoms with E-state index in [2.05, 4.69) is 15.0 Å². The number of ether oxygens (including phenoxy) is 3. The molecule has 0 fully saturated rings. The summed E-state index contributed by atoms with van der Waals surface area (Å²) < 4.78 is 14.8. The Morgan fingerprint density at radius 2 is 1.29 bits per heavy atom. The van der Waals surface area contributed by atoms with Crippen molar-refractivity contribution < 1.29 is 19.3 Å². The summed E-state index contributed by atoms with van der Waals surface area (Å²) in [5, 5.41) is 8.32. The van der Waals surface area contributed by atoms with Crippen molar-refractivity contribution in [3.05, 3.63) is 19.0 Å². The molecule has 1 aromatic rings. The number of aliphatic hydroxyl groups excluding tert-OH is 1. The van der Waals surface area contributed by atoms with Crippen molar-refractivity contribution in [3.63, 3.8) is 0 Å². The van der Waals surface area contributed by atoms with Crippen LogP contribution in [0.4, 0.5) is 0 Å². The van der Waals surface area contributed by atoms with Gasteiger partial charge in [0.2, 0.25) is 0 Å². The number of aromatic nitrogens is 3. The largest absolute Gasteiger partial charge is 0.394 e. The molecule has 1 N–H and O–H groups in total. The topological polar surface area (TPSA) is 86.6 Å². The predicted octanol–water partition coefficient (Wildman–Crippen LogP) is -0.470. The van der Waals surface area contributed by atoms with Gasteiger partial charge in [0.15, 0.2) is 0 Å². The Hall–Kier alpha value is -1.15. The first-order chi connectivity index (χ1) is 8.41. The highest BCUT2D eigenvalue weighted by molar-refractivity contribution is 4.51. The van der Waals surface area contributed by atoms with Crippen LogP contribution in [0, 0.1) is 0 Å². The van der Waals surface area contributed by atoms with Crippen molar-refractivity contribution >= 4 is 0 Å². The van der Waals surface area contributed by atoms with Crippen LogP contribution in [0.1, 0.15) is 0 Å². The van der Waals surface area contributed by atoms with Gasteiger partial charge in [-0.15, -0.1) is 0 Å². The molecule has 0 aliphatic heterocycles. The van der Waals surface area contributed by atoms with Crippen LogP contribution < -0.4 is 0 Å². The van der Waals surface area contributed by atoms with Crippen molar-refractivity contribution in [1.29, 1.82) is 0 Å². The maximum atomic E-state index is 8.32. The molecule has 0 bridgehead atoms. The average Bonchev–Trinajstić information content (AvgIpc) is 2.41. The fourth-order valence-corrected chi connectivity index (χ4v) is 0.734. The molecule has 0 aromatic carbocycles. The summed E-state index contributed by atoms with van der Waals surface area (Å²) >= 11 is 0. The standard InChI is InChI=1S/C7H16O4.C3H3N3/c1-9-4-5-11-7-6-10-3-2-8;1-4-2-6-3-5-1/h8H,2-7H2,1H3;1-3H. The first kappa shape index (κ1) is 15.9. The Morgan fingerprint density at radius 3 is 1.71 bits per heavy atom. The number of hydrogen-bond acceptors (Lipinski definition) is 7. The Kier molecular flexibility index (Phi) is 13.8. The smallest absolute Gasteiger partial charge is 0.119 e. The van der Waals surface area contributed by atoms with Crippen LogP contribution in [0.5, 0.6) is 0 Å². The quantitative estimate of drug-likeness (QED) is 0.619. The van der Waals surface area contributed by atoms with Crippen molar-refractivity contribution in [2.75, 3.05) is 46.8 Å². The van der Waals surface area contributed by atoms with Crippen LogP contribution in [0.2, 0.25) is 0 Å². The highest BCUT2D eigenvalue weighted by atomic mass is 16.5. The molecular weight excluding hydrogens is 226 g/mol. The van der Waals surface area contributed by atoms with Gasteiger partial charge >= 0.3 is 0 Å². The molecule has 0 aliphatic carbocycles. The summed E-state index contributed by atoms with van der Waals surface area (Å²) in [6, 6.07) is 0. The molecule has 7 nitrogen and oxygen atoms in total. The van der Waals surface area contributed by atoms with Crippen LogP contribution in [-0.2, 0) is 14.2 Å². The second-order valence-electron chi connectivity index (χ2n) is 2.73. The van der Waals surface area contributed by atoms with E-state index in [0.717, 1.165) is 0 Å². The number of methoxy groups -OCH3 is 1. The second-order valence-corrected chi connectivity index (χ2v) is 2.73. The molecule has 98 valence electrons. The number of nitrogens with zero attached hydrogens (tertiary/aromatic N) is 3. The molecule has 1 aromatic heterocycles. The molecule has 0 spiro atoms. The van der Waals surface area contributed by atoms with Crippen molar-refractivity contribution in [3.8, 4) is 0 Å². The molecule has 0 amide bonds. The molecule has 0 saturated heterocycles. The first-order valence-electron chi connectivity index (χ1n) is 5.22. The minimum atomic E-state index is 0.0675. The molecule has 0 aliphatic rings. The second kappa shape index (κ2) is 14.8. The maximum Gasteiger partial charge on any atom is 0.119 e. The summed E-state index contributed by atoms with van der Waals surface area (Å²) in [6.45, 7) is 2.75. The molecule has 17 heavy (non-hydrogen) atoms. The zero-order chi connectivity index (χ0) is 12.6. The molecule has 0 saturated carbocycles. The van der Waals surface area contributed by atoms with E-state index >= 15 is 0 Å². The molecule has 1 rings (SSSR count). The van der Waals surface area contributed by atoms with Crippen LogP contribution >= 0.6 is 0 Å². The van der Waals surface area contributed by atoms with Crippen molar-refractivity contribution in [1.82, 2.24) is 15.0 Å². The molecule has 0 radical (unpaired) electrons. The summed E-state index contributed by atoms with van der Waals surface area (Å²) in [5.41, 5.74) is 0. The molecule has 1 heterocycles. The van der Waals surface area contributed by atoms with Gasteiger partial charge in [-0.1, -0.05) is 0 Å². The average molecular weight is 245 g/mol. The van der Waals surface area contributed by atoms with E-state index in [0.29, 0.717) is 33.0 Å². The van der Waals surface area contributed by atoms with Gasteiger partial charge in [-0.2, -0.15) is 0 Å². The monoisotopic (exact) mass is 245 g/mol. The lowest BCUT2D eigenvalue weighted by Gasteiger charge is -2.03. The highest BCUT2D eigenvalue weighted by Gasteiger charge is 1.87. The van der Waals surface area contributed by atoms with Gasteiger partial charge in [-0.25, -0.2) is 15.0 Å². The number of rotatable bonds is 8. The van der Waals surface area contributed by atoms with E-state index in [9.17, 15) is 0 Å². The first-order valence-corrected chi connectivity index (χ1v) is 5.22. The molecule has 0 unspecified atom stereocenters. The highest BCUT2D eigenvalue weighted by Crippen LogP contribution is 1.78. The van der Waals surface area contributed by atoms with Crippen LogP contribution in [-0.4, -0.2) is 66.8 Å². The van der Waals surface area contributed by atoms with E-state index in [4.69, 9.17) is 19.3 Å². The number of hydrogen-bond donors (Lipinski definition) is 1. The predicted molar refractivity (Wildman–Crippen MR) is 60.4 cm³/mol. The third-order valence-corrected chi connectivity index (χ3v) is 1.44. The van der Waals surface area contributed by atoms with Gasteiger partial charge < -0.3 is 19.3 Å². The molecule has 7 heteroatoms. The van der Waals surface area contributed by atoms with Gasteiger partial charge in [-0.3, -0.25) is 0 Å². The van der Waals surface area contributed by atoms with Crippen molar-refractivity contribution in [2.45, 2.75) is 0 Å². The summed E-state index contributed by atoms with van der Waals surface area (Å²) in [5.74, 6) is 0. The van der Waals surface area contributed by atoms with Crippen LogP contribution in [0.3, 0.4) is 0 Å². The normalized spacial score (nSPS) is 9.53. The van der Waals surface area contributed by atoms with E-state index < -0.39 is 0 Å². The Balaban J connectivity index is 0.000000354. The van der Waals surface area contributed by atoms with Crippen LogP contribution in [0.25, 0.3) is 0 Å². The Morgan fingerprint density at radius 1 is 0.824 bits per heavy atom. The SMILES string of the molecule is COCCOCCOCCO.c1ncncn1. The van der Waals surface area contributed by atoms with Gasteiger partial charge in [0.1, 0.15) is 19.0 Å². The Labute approximate surface area is 101 Å². The Bertz CT molecular complexity index is 191. The van der Waals surface area contributed by atoms with E-state index in [1.165, 1.54) is 19.0 Å². The number of aliphatic hydroxyl groups is 1. The van der Waals surface area contributed by atoms with E-state index in [1.54, 1.807) is 7.11 Å². The minimum absolute atomic E-state index is 0.0675. The fourth-order valence-electron chi connectivity index (χ4n) is 0.734. The summed E-state index contributed by atoms with van der Waals surface area (Å²) in [7, 11) is 1.63. The molecule has 0 atom stereocenters.